The SMILES string of the molecule is COC(=O)C1CN(Cc2c(C3CC3)nc3sccn23)C[C@@H](C)O1. The van der Waals surface area contributed by atoms with Crippen LogP contribution in [-0.4, -0.2) is 52.7 Å². The van der Waals surface area contributed by atoms with Gasteiger partial charge in [0.05, 0.1) is 24.6 Å². The van der Waals surface area contributed by atoms with Crippen LogP contribution in [0.2, 0.25) is 0 Å². The summed E-state index contributed by atoms with van der Waals surface area (Å²) in [6.45, 7) is 4.18. The molecule has 1 saturated heterocycles. The molecule has 0 bridgehead atoms. The van der Waals surface area contributed by atoms with E-state index in [1.807, 2.05) is 6.92 Å². The molecule has 1 aliphatic carbocycles. The van der Waals surface area contributed by atoms with Crippen molar-refractivity contribution in [2.75, 3.05) is 20.2 Å². The van der Waals surface area contributed by atoms with Crippen LogP contribution in [0.25, 0.3) is 4.96 Å². The molecular weight excluding hydrogens is 314 g/mol. The van der Waals surface area contributed by atoms with Crippen molar-refractivity contribution in [2.24, 2.45) is 0 Å². The maximum absolute atomic E-state index is 11.8. The van der Waals surface area contributed by atoms with E-state index in [4.69, 9.17) is 14.5 Å². The van der Waals surface area contributed by atoms with Crippen LogP contribution in [0, 0.1) is 0 Å². The minimum atomic E-state index is -0.501. The standard InChI is InChI=1S/C16H21N3O3S/c1-10-7-18(9-13(22-10)15(20)21-2)8-12-14(11-3-4-11)17-16-19(12)5-6-23-16/h5-6,10-11,13H,3-4,7-9H2,1-2H3/t10-,13?/m1/s1. The number of imidazole rings is 1. The van der Waals surface area contributed by atoms with Gasteiger partial charge in [-0.2, -0.15) is 0 Å². The zero-order valence-corrected chi connectivity index (χ0v) is 14.2. The van der Waals surface area contributed by atoms with E-state index in [2.05, 4.69) is 20.9 Å². The lowest BCUT2D eigenvalue weighted by Gasteiger charge is -2.35. The minimum Gasteiger partial charge on any atom is -0.467 e. The van der Waals surface area contributed by atoms with Crippen molar-refractivity contribution in [3.63, 3.8) is 0 Å². The van der Waals surface area contributed by atoms with Crippen LogP contribution in [0.5, 0.6) is 0 Å². The second-order valence-corrected chi connectivity index (χ2v) is 7.30. The van der Waals surface area contributed by atoms with Gasteiger partial charge in [-0.3, -0.25) is 9.30 Å². The quantitative estimate of drug-likeness (QED) is 0.800. The fraction of sp³-hybridized carbons (Fsp3) is 0.625. The summed E-state index contributed by atoms with van der Waals surface area (Å²) in [5, 5.41) is 2.07. The van der Waals surface area contributed by atoms with E-state index >= 15 is 0 Å². The van der Waals surface area contributed by atoms with Crippen LogP contribution in [0.1, 0.15) is 37.1 Å². The third kappa shape index (κ3) is 2.88. The van der Waals surface area contributed by atoms with E-state index in [9.17, 15) is 4.79 Å². The maximum atomic E-state index is 11.8. The monoisotopic (exact) mass is 335 g/mol. The Balaban J connectivity index is 1.58. The zero-order valence-electron chi connectivity index (χ0n) is 13.4. The van der Waals surface area contributed by atoms with Crippen LogP contribution in [0.4, 0.5) is 0 Å². The van der Waals surface area contributed by atoms with E-state index in [0.29, 0.717) is 12.5 Å². The summed E-state index contributed by atoms with van der Waals surface area (Å²) in [6, 6.07) is 0. The van der Waals surface area contributed by atoms with Gasteiger partial charge in [0.1, 0.15) is 0 Å². The molecule has 2 aliphatic rings. The smallest absolute Gasteiger partial charge is 0.336 e. The lowest BCUT2D eigenvalue weighted by atomic mass is 10.1. The summed E-state index contributed by atoms with van der Waals surface area (Å²) in [7, 11) is 1.41. The molecule has 124 valence electrons. The van der Waals surface area contributed by atoms with Crippen molar-refractivity contribution in [1.82, 2.24) is 14.3 Å². The van der Waals surface area contributed by atoms with E-state index in [-0.39, 0.29) is 12.1 Å². The number of ether oxygens (including phenoxy) is 2. The Morgan fingerprint density at radius 1 is 1.48 bits per heavy atom. The molecule has 2 atom stereocenters. The Morgan fingerprint density at radius 2 is 2.30 bits per heavy atom. The average molecular weight is 335 g/mol. The van der Waals surface area contributed by atoms with Crippen molar-refractivity contribution in [1.29, 1.82) is 0 Å². The van der Waals surface area contributed by atoms with Gasteiger partial charge >= 0.3 is 5.97 Å². The van der Waals surface area contributed by atoms with E-state index in [1.54, 1.807) is 11.3 Å². The zero-order chi connectivity index (χ0) is 16.0. The van der Waals surface area contributed by atoms with Crippen LogP contribution in [-0.2, 0) is 20.8 Å². The lowest BCUT2D eigenvalue weighted by molar-refractivity contribution is -0.166. The molecule has 0 N–H and O–H groups in total. The molecule has 6 nitrogen and oxygen atoms in total. The molecule has 1 aliphatic heterocycles. The molecule has 2 aromatic rings. The number of fused-ring (bicyclic) bond motifs is 1. The Labute approximate surface area is 139 Å². The summed E-state index contributed by atoms with van der Waals surface area (Å²) in [5.41, 5.74) is 2.51. The summed E-state index contributed by atoms with van der Waals surface area (Å²) in [4.78, 5) is 20.0. The average Bonchev–Trinajstić information content (AvgIpc) is 3.18. The third-order valence-electron chi connectivity index (χ3n) is 4.53. The number of rotatable bonds is 4. The summed E-state index contributed by atoms with van der Waals surface area (Å²) in [5.74, 6) is 0.324. The minimum absolute atomic E-state index is 0.0168. The van der Waals surface area contributed by atoms with Crippen LogP contribution in [0.3, 0.4) is 0 Å². The first-order chi connectivity index (χ1) is 11.2. The Morgan fingerprint density at radius 3 is 3.04 bits per heavy atom. The predicted molar refractivity (Wildman–Crippen MR) is 86.7 cm³/mol. The third-order valence-corrected chi connectivity index (χ3v) is 5.29. The van der Waals surface area contributed by atoms with E-state index in [0.717, 1.165) is 18.1 Å². The molecule has 0 aromatic carbocycles. The van der Waals surface area contributed by atoms with Crippen molar-refractivity contribution in [3.05, 3.63) is 23.0 Å². The molecule has 2 aromatic heterocycles. The number of esters is 1. The van der Waals surface area contributed by atoms with Gasteiger partial charge in [0.25, 0.3) is 0 Å². The number of thiazole rings is 1. The van der Waals surface area contributed by atoms with Gasteiger partial charge in [-0.25, -0.2) is 9.78 Å². The molecule has 3 heterocycles. The highest BCUT2D eigenvalue weighted by atomic mass is 32.1. The van der Waals surface area contributed by atoms with Gasteiger partial charge < -0.3 is 9.47 Å². The number of nitrogens with zero attached hydrogens (tertiary/aromatic N) is 3. The number of aromatic nitrogens is 2. The number of carbonyl (C=O) groups excluding carboxylic acids is 1. The Bertz CT molecular complexity index is 721. The van der Waals surface area contributed by atoms with Gasteiger partial charge in [-0.05, 0) is 19.8 Å². The molecule has 1 saturated carbocycles. The van der Waals surface area contributed by atoms with Gasteiger partial charge in [0.15, 0.2) is 11.1 Å². The second kappa shape index (κ2) is 5.89. The van der Waals surface area contributed by atoms with Crippen molar-refractivity contribution >= 4 is 22.3 Å². The van der Waals surface area contributed by atoms with E-state index < -0.39 is 6.10 Å². The summed E-state index contributed by atoms with van der Waals surface area (Å²) in [6.07, 6.45) is 4.09. The number of methoxy groups -OCH3 is 1. The number of hydrogen-bond donors (Lipinski definition) is 0. The van der Waals surface area contributed by atoms with Crippen molar-refractivity contribution < 1.29 is 14.3 Å². The van der Waals surface area contributed by atoms with E-state index in [1.165, 1.54) is 31.3 Å². The number of hydrogen-bond acceptors (Lipinski definition) is 6. The molecule has 0 radical (unpaired) electrons. The van der Waals surface area contributed by atoms with Gasteiger partial charge in [-0.15, -0.1) is 11.3 Å². The maximum Gasteiger partial charge on any atom is 0.336 e. The second-order valence-electron chi connectivity index (χ2n) is 6.43. The Kier molecular flexibility index (Phi) is 3.87. The first kappa shape index (κ1) is 15.1. The predicted octanol–water partition coefficient (Wildman–Crippen LogP) is 2.04. The molecule has 4 rings (SSSR count). The van der Waals surface area contributed by atoms with Gasteiger partial charge in [0, 0.05) is 37.1 Å². The van der Waals surface area contributed by atoms with Gasteiger partial charge in [-0.1, -0.05) is 0 Å². The molecule has 23 heavy (non-hydrogen) atoms. The topological polar surface area (TPSA) is 56.1 Å². The molecule has 0 spiro atoms. The first-order valence-corrected chi connectivity index (χ1v) is 8.93. The summed E-state index contributed by atoms with van der Waals surface area (Å²) < 4.78 is 12.8. The fourth-order valence-corrected chi connectivity index (χ4v) is 4.07. The van der Waals surface area contributed by atoms with Crippen LogP contribution < -0.4 is 0 Å². The normalized spacial score (nSPS) is 25.8. The summed E-state index contributed by atoms with van der Waals surface area (Å²) >= 11 is 1.67. The lowest BCUT2D eigenvalue weighted by Crippen LogP contribution is -2.49. The van der Waals surface area contributed by atoms with Crippen LogP contribution >= 0.6 is 11.3 Å². The highest BCUT2D eigenvalue weighted by Gasteiger charge is 2.34. The molecule has 2 fully saturated rings. The largest absolute Gasteiger partial charge is 0.467 e. The van der Waals surface area contributed by atoms with Gasteiger partial charge in [0.2, 0.25) is 0 Å². The molecule has 0 amide bonds. The number of carbonyl (C=O) groups is 1. The van der Waals surface area contributed by atoms with Crippen LogP contribution in [0.15, 0.2) is 11.6 Å². The van der Waals surface area contributed by atoms with Crippen molar-refractivity contribution in [3.8, 4) is 0 Å². The highest BCUT2D eigenvalue weighted by molar-refractivity contribution is 7.15. The molecule has 1 unspecified atom stereocenters. The van der Waals surface area contributed by atoms with Crippen molar-refractivity contribution in [2.45, 2.75) is 44.4 Å². The number of morpholine rings is 1. The fourth-order valence-electron chi connectivity index (χ4n) is 3.33. The molecular formula is C16H21N3O3S. The highest BCUT2D eigenvalue weighted by Crippen LogP contribution is 2.42. The Hall–Kier alpha value is -1.44. The molecule has 7 heteroatoms. The first-order valence-electron chi connectivity index (χ1n) is 8.05.